The summed E-state index contributed by atoms with van der Waals surface area (Å²) in [7, 11) is 1.64. The van der Waals surface area contributed by atoms with Crippen LogP contribution in [0.25, 0.3) is 5.70 Å². The lowest BCUT2D eigenvalue weighted by Crippen LogP contribution is -2.38. The van der Waals surface area contributed by atoms with Crippen molar-refractivity contribution in [3.8, 4) is 5.75 Å². The van der Waals surface area contributed by atoms with Crippen LogP contribution in [0.5, 0.6) is 5.75 Å². The summed E-state index contributed by atoms with van der Waals surface area (Å²) in [6.07, 6.45) is 6.02. The Labute approximate surface area is 193 Å². The van der Waals surface area contributed by atoms with Crippen LogP contribution in [0.4, 0.5) is 4.39 Å². The number of hydrogen-bond donors (Lipinski definition) is 4. The summed E-state index contributed by atoms with van der Waals surface area (Å²) >= 11 is 0. The van der Waals surface area contributed by atoms with Gasteiger partial charge in [-0.2, -0.15) is 0 Å². The fraction of sp³-hybridized carbons (Fsp3) is 0.391. The molecule has 0 spiro atoms. The third-order valence-electron chi connectivity index (χ3n) is 5.56. The van der Waals surface area contributed by atoms with E-state index in [1.807, 2.05) is 13.0 Å². The first-order chi connectivity index (χ1) is 15.7. The summed E-state index contributed by atoms with van der Waals surface area (Å²) in [5.74, 6) is 12.4. The first-order valence-electron chi connectivity index (χ1n) is 11.0. The molecule has 1 aliphatic carbocycles. The van der Waals surface area contributed by atoms with E-state index in [0.29, 0.717) is 22.7 Å². The van der Waals surface area contributed by atoms with Gasteiger partial charge in [0, 0.05) is 12.6 Å². The molecule has 10 heteroatoms. The fourth-order valence-corrected chi connectivity index (χ4v) is 3.75. The zero-order chi connectivity index (χ0) is 24.0. The van der Waals surface area contributed by atoms with Gasteiger partial charge in [0.25, 0.3) is 0 Å². The second-order valence-electron chi connectivity index (χ2n) is 8.22. The van der Waals surface area contributed by atoms with E-state index in [1.54, 1.807) is 25.2 Å². The third kappa shape index (κ3) is 6.56. The summed E-state index contributed by atoms with van der Waals surface area (Å²) in [6.45, 7) is 1.94. The monoisotopic (exact) mass is 456 g/mol. The number of hydrazine groups is 2. The molecule has 178 valence electrons. The van der Waals surface area contributed by atoms with Gasteiger partial charge in [-0.25, -0.2) is 26.2 Å². The maximum Gasteiger partial charge on any atom is 0.152 e. The van der Waals surface area contributed by atoms with Crippen molar-refractivity contribution in [2.75, 3.05) is 13.6 Å². The predicted octanol–water partition coefficient (Wildman–Crippen LogP) is 2.17. The molecule has 33 heavy (non-hydrogen) atoms. The number of benzene rings is 1. The van der Waals surface area contributed by atoms with Crippen LogP contribution in [0.1, 0.15) is 49.1 Å². The Bertz CT molecular complexity index is 1020. The number of rotatable bonds is 8. The minimum Gasteiger partial charge on any atom is -0.489 e. The highest BCUT2D eigenvalue weighted by Crippen LogP contribution is 2.26. The van der Waals surface area contributed by atoms with Gasteiger partial charge in [-0.1, -0.05) is 18.6 Å². The first-order valence-corrected chi connectivity index (χ1v) is 11.0. The smallest absolute Gasteiger partial charge is 0.152 e. The van der Waals surface area contributed by atoms with Crippen molar-refractivity contribution >= 4 is 11.5 Å². The van der Waals surface area contributed by atoms with Gasteiger partial charge in [0.1, 0.15) is 11.6 Å². The quantitative estimate of drug-likeness (QED) is 0.205. The van der Waals surface area contributed by atoms with E-state index in [-0.39, 0.29) is 18.5 Å². The van der Waals surface area contributed by atoms with Crippen LogP contribution in [-0.4, -0.2) is 40.6 Å². The van der Waals surface area contributed by atoms with Crippen LogP contribution in [0, 0.1) is 12.7 Å². The van der Waals surface area contributed by atoms with Gasteiger partial charge in [0.05, 0.1) is 35.4 Å². The summed E-state index contributed by atoms with van der Waals surface area (Å²) in [6, 6.07) is 9.46. The molecule has 3 rings (SSSR count). The van der Waals surface area contributed by atoms with Crippen LogP contribution in [0.2, 0.25) is 0 Å². The molecule has 0 bridgehead atoms. The molecule has 0 radical (unpaired) electrons. The standard InChI is InChI=1S/C23H33FN8O/c1-15-21(33-18-9-4-3-5-10-18)12-11-19(29-15)22(25)20(31(2)27)14-32(28)30-23(26)16-7-6-8-17(24)13-16/h6-8,11-13,18H,3-5,9-10,14,25,27-28H2,1-2H3,(H2,26,30)/b22-20-. The Morgan fingerprint density at radius 3 is 2.52 bits per heavy atom. The molecular formula is C23H33FN8O. The van der Waals surface area contributed by atoms with E-state index in [1.165, 1.54) is 36.4 Å². The number of amidine groups is 1. The Balaban J connectivity index is 1.77. The molecule has 1 saturated carbocycles. The highest BCUT2D eigenvalue weighted by atomic mass is 19.1. The van der Waals surface area contributed by atoms with Crippen molar-refractivity contribution in [1.82, 2.24) is 15.1 Å². The zero-order valence-corrected chi connectivity index (χ0v) is 19.2. The normalized spacial score (nSPS) is 15.7. The number of nitrogens with zero attached hydrogens (tertiary/aromatic N) is 4. The number of aromatic nitrogens is 1. The van der Waals surface area contributed by atoms with Gasteiger partial charge in [-0.3, -0.25) is 0 Å². The zero-order valence-electron chi connectivity index (χ0n) is 19.2. The SMILES string of the molecule is Cc1nc(/C(N)=C(\CN(N)/N=C(\N)c2cccc(F)c2)N(C)N)ccc1OC1CCCCC1. The minimum atomic E-state index is -0.418. The van der Waals surface area contributed by atoms with Crippen molar-refractivity contribution in [3.63, 3.8) is 0 Å². The second-order valence-corrected chi connectivity index (χ2v) is 8.22. The highest BCUT2D eigenvalue weighted by molar-refractivity contribution is 5.97. The molecule has 1 aliphatic rings. The molecule has 0 atom stereocenters. The second kappa shape index (κ2) is 11.0. The van der Waals surface area contributed by atoms with Gasteiger partial charge in [0.2, 0.25) is 0 Å². The predicted molar refractivity (Wildman–Crippen MR) is 128 cm³/mol. The molecule has 0 saturated heterocycles. The summed E-state index contributed by atoms with van der Waals surface area (Å²) < 4.78 is 19.6. The van der Waals surface area contributed by atoms with E-state index in [2.05, 4.69) is 10.1 Å². The topological polar surface area (TPSA) is 145 Å². The van der Waals surface area contributed by atoms with Crippen LogP contribution in [0.3, 0.4) is 0 Å². The maximum absolute atomic E-state index is 13.4. The van der Waals surface area contributed by atoms with Gasteiger partial charge < -0.3 is 21.2 Å². The average molecular weight is 457 g/mol. The Hall–Kier alpha value is -3.37. The molecular weight excluding hydrogens is 423 g/mol. The van der Waals surface area contributed by atoms with Gasteiger partial charge in [0.15, 0.2) is 5.84 Å². The minimum absolute atomic E-state index is 0.0515. The van der Waals surface area contributed by atoms with E-state index in [4.69, 9.17) is 27.9 Å². The van der Waals surface area contributed by atoms with E-state index >= 15 is 0 Å². The van der Waals surface area contributed by atoms with E-state index in [0.717, 1.165) is 29.4 Å². The van der Waals surface area contributed by atoms with E-state index in [9.17, 15) is 4.39 Å². The first kappa shape index (κ1) is 24.3. The van der Waals surface area contributed by atoms with Gasteiger partial charge >= 0.3 is 0 Å². The number of hydrogen-bond acceptors (Lipinski definition) is 8. The Morgan fingerprint density at radius 1 is 1.15 bits per heavy atom. The van der Waals surface area contributed by atoms with Crippen molar-refractivity contribution in [3.05, 3.63) is 64.9 Å². The largest absolute Gasteiger partial charge is 0.489 e. The Kier molecular flexibility index (Phi) is 8.07. The molecule has 1 aromatic carbocycles. The number of nitrogens with two attached hydrogens (primary N) is 4. The van der Waals surface area contributed by atoms with Crippen LogP contribution in [-0.2, 0) is 0 Å². The van der Waals surface area contributed by atoms with Crippen molar-refractivity contribution < 1.29 is 9.13 Å². The lowest BCUT2D eigenvalue weighted by molar-refractivity contribution is 0.153. The molecule has 2 aromatic rings. The van der Waals surface area contributed by atoms with Crippen molar-refractivity contribution in [2.24, 2.45) is 28.3 Å². The third-order valence-corrected chi connectivity index (χ3v) is 5.56. The maximum atomic E-state index is 13.4. The number of ether oxygens (including phenoxy) is 1. The van der Waals surface area contributed by atoms with Gasteiger partial charge in [-0.15, -0.1) is 5.10 Å². The van der Waals surface area contributed by atoms with E-state index < -0.39 is 5.82 Å². The lowest BCUT2D eigenvalue weighted by Gasteiger charge is -2.25. The molecule has 0 aliphatic heterocycles. The van der Waals surface area contributed by atoms with Crippen molar-refractivity contribution in [1.29, 1.82) is 0 Å². The summed E-state index contributed by atoms with van der Waals surface area (Å²) in [4.78, 5) is 4.62. The van der Waals surface area contributed by atoms with Crippen LogP contribution in [0.15, 0.2) is 47.2 Å². The van der Waals surface area contributed by atoms with Gasteiger partial charge in [-0.05, 0) is 56.9 Å². The van der Waals surface area contributed by atoms with Crippen LogP contribution < -0.4 is 27.9 Å². The number of hydrazone groups is 1. The summed E-state index contributed by atoms with van der Waals surface area (Å²) in [5, 5.41) is 6.56. The number of aryl methyl sites for hydroxylation is 1. The molecule has 1 aromatic heterocycles. The number of likely N-dealkylation sites (N-methyl/N-ethyl adjacent to an activating group) is 1. The van der Waals surface area contributed by atoms with Crippen LogP contribution >= 0.6 is 0 Å². The lowest BCUT2D eigenvalue weighted by atomic mass is 9.98. The molecule has 1 fully saturated rings. The molecule has 8 N–H and O–H groups in total. The molecule has 1 heterocycles. The molecule has 0 unspecified atom stereocenters. The molecule has 9 nitrogen and oxygen atoms in total. The highest BCUT2D eigenvalue weighted by Gasteiger charge is 2.18. The number of halogens is 1. The Morgan fingerprint density at radius 2 is 1.88 bits per heavy atom. The van der Waals surface area contributed by atoms with Crippen molar-refractivity contribution in [2.45, 2.75) is 45.1 Å². The fourth-order valence-electron chi connectivity index (χ4n) is 3.75. The summed E-state index contributed by atoms with van der Waals surface area (Å²) in [5.41, 5.74) is 14.9. The number of pyridine rings is 1. The average Bonchev–Trinajstić information content (AvgIpc) is 2.79. The molecule has 0 amide bonds.